The molecular formula is C18H28N2O4S. The molecule has 6 nitrogen and oxygen atoms in total. The highest BCUT2D eigenvalue weighted by Gasteiger charge is 2.21. The van der Waals surface area contributed by atoms with Gasteiger partial charge in [0.25, 0.3) is 5.91 Å². The van der Waals surface area contributed by atoms with Crippen LogP contribution < -0.4 is 4.72 Å². The molecule has 1 aliphatic heterocycles. The zero-order valence-electron chi connectivity index (χ0n) is 15.2. The molecule has 0 spiro atoms. The molecular weight excluding hydrogens is 340 g/mol. The van der Waals surface area contributed by atoms with Crippen LogP contribution in [0.15, 0.2) is 29.2 Å². The Kier molecular flexibility index (Phi) is 6.98. The van der Waals surface area contributed by atoms with Gasteiger partial charge in [-0.2, -0.15) is 0 Å². The number of rotatable bonds is 8. The van der Waals surface area contributed by atoms with Gasteiger partial charge in [-0.1, -0.05) is 13.8 Å². The van der Waals surface area contributed by atoms with Crippen molar-refractivity contribution in [2.75, 3.05) is 26.7 Å². The van der Waals surface area contributed by atoms with Gasteiger partial charge in [-0.15, -0.1) is 0 Å². The van der Waals surface area contributed by atoms with Crippen molar-refractivity contribution in [2.24, 2.45) is 5.92 Å². The molecule has 1 amide bonds. The number of carbonyl (C=O) groups excluding carboxylic acids is 1. The van der Waals surface area contributed by atoms with Gasteiger partial charge in [0.05, 0.1) is 11.0 Å². The van der Waals surface area contributed by atoms with Gasteiger partial charge in [0, 0.05) is 32.3 Å². The molecule has 25 heavy (non-hydrogen) atoms. The zero-order valence-corrected chi connectivity index (χ0v) is 16.0. The molecule has 140 valence electrons. The van der Waals surface area contributed by atoms with E-state index in [1.807, 2.05) is 0 Å². The van der Waals surface area contributed by atoms with Crippen LogP contribution >= 0.6 is 0 Å². The molecule has 1 saturated heterocycles. The lowest BCUT2D eigenvalue weighted by Crippen LogP contribution is -2.32. The number of hydrogen-bond donors (Lipinski definition) is 1. The number of hydrogen-bond acceptors (Lipinski definition) is 4. The Hall–Kier alpha value is -1.44. The second-order valence-electron chi connectivity index (χ2n) is 6.92. The lowest BCUT2D eigenvalue weighted by atomic mass is 10.1. The molecule has 0 bridgehead atoms. The van der Waals surface area contributed by atoms with Gasteiger partial charge in [0.15, 0.2) is 0 Å². The first kappa shape index (κ1) is 19.9. The zero-order chi connectivity index (χ0) is 18.4. The predicted octanol–water partition coefficient (Wildman–Crippen LogP) is 2.26. The second-order valence-corrected chi connectivity index (χ2v) is 8.69. The van der Waals surface area contributed by atoms with E-state index in [0.29, 0.717) is 24.6 Å². The summed E-state index contributed by atoms with van der Waals surface area (Å²) < 4.78 is 32.6. The minimum absolute atomic E-state index is 0.0507. The van der Waals surface area contributed by atoms with Crippen molar-refractivity contribution in [1.82, 2.24) is 9.62 Å². The second kappa shape index (κ2) is 8.78. The monoisotopic (exact) mass is 368 g/mol. The van der Waals surface area contributed by atoms with Gasteiger partial charge in [-0.3, -0.25) is 4.79 Å². The Morgan fingerprint density at radius 1 is 1.32 bits per heavy atom. The van der Waals surface area contributed by atoms with Crippen LogP contribution in [0.1, 0.15) is 43.5 Å². The molecule has 0 aliphatic carbocycles. The summed E-state index contributed by atoms with van der Waals surface area (Å²) in [7, 11) is -1.82. The minimum atomic E-state index is -3.59. The highest BCUT2D eigenvalue weighted by Crippen LogP contribution is 2.15. The average molecular weight is 368 g/mol. The van der Waals surface area contributed by atoms with Gasteiger partial charge in [-0.05, 0) is 49.4 Å². The van der Waals surface area contributed by atoms with Gasteiger partial charge >= 0.3 is 0 Å². The van der Waals surface area contributed by atoms with Crippen molar-refractivity contribution in [3.8, 4) is 0 Å². The normalized spacial score (nSPS) is 17.8. The molecule has 0 aromatic heterocycles. The fourth-order valence-corrected chi connectivity index (χ4v) is 3.71. The van der Waals surface area contributed by atoms with Gasteiger partial charge in [0.2, 0.25) is 10.0 Å². The van der Waals surface area contributed by atoms with Crippen molar-refractivity contribution >= 4 is 15.9 Å². The lowest BCUT2D eigenvalue weighted by Gasteiger charge is -2.18. The maximum Gasteiger partial charge on any atom is 0.253 e. The van der Waals surface area contributed by atoms with Gasteiger partial charge < -0.3 is 9.64 Å². The summed E-state index contributed by atoms with van der Waals surface area (Å²) in [6.45, 7) is 5.87. The standard InChI is InChI=1S/C18H28N2O4S/c1-14(2)10-11-20(3)18(21)15-6-8-17(9-7-15)25(22,23)19-13-16-5-4-12-24-16/h6-9,14,16,19H,4-5,10-13H2,1-3H3. The SMILES string of the molecule is CC(C)CCN(C)C(=O)c1ccc(S(=O)(=O)NCC2CCCO2)cc1. The Labute approximate surface area is 150 Å². The molecule has 1 aromatic carbocycles. The van der Waals surface area contributed by atoms with E-state index in [4.69, 9.17) is 4.74 Å². The van der Waals surface area contributed by atoms with Crippen LogP contribution in [-0.2, 0) is 14.8 Å². The molecule has 1 N–H and O–H groups in total. The molecule has 1 fully saturated rings. The molecule has 0 saturated carbocycles. The van der Waals surface area contributed by atoms with E-state index in [1.165, 1.54) is 12.1 Å². The lowest BCUT2D eigenvalue weighted by molar-refractivity contribution is 0.0789. The van der Waals surface area contributed by atoms with E-state index in [-0.39, 0.29) is 23.5 Å². The Morgan fingerprint density at radius 3 is 2.56 bits per heavy atom. The first-order chi connectivity index (χ1) is 11.8. The van der Waals surface area contributed by atoms with Crippen molar-refractivity contribution < 1.29 is 17.9 Å². The number of amides is 1. The highest BCUT2D eigenvalue weighted by molar-refractivity contribution is 7.89. The fraction of sp³-hybridized carbons (Fsp3) is 0.611. The van der Waals surface area contributed by atoms with E-state index in [9.17, 15) is 13.2 Å². The molecule has 7 heteroatoms. The van der Waals surface area contributed by atoms with E-state index in [1.54, 1.807) is 24.1 Å². The van der Waals surface area contributed by atoms with Crippen molar-refractivity contribution in [3.05, 3.63) is 29.8 Å². The average Bonchev–Trinajstić information content (AvgIpc) is 3.11. The third-order valence-electron chi connectivity index (χ3n) is 4.33. The number of carbonyl (C=O) groups is 1. The van der Waals surface area contributed by atoms with Crippen LogP contribution in [0.4, 0.5) is 0 Å². The first-order valence-electron chi connectivity index (χ1n) is 8.76. The summed E-state index contributed by atoms with van der Waals surface area (Å²) in [5.74, 6) is 0.426. The summed E-state index contributed by atoms with van der Waals surface area (Å²) >= 11 is 0. The number of nitrogens with one attached hydrogen (secondary N) is 1. The largest absolute Gasteiger partial charge is 0.377 e. The third-order valence-corrected chi connectivity index (χ3v) is 5.76. The minimum Gasteiger partial charge on any atom is -0.377 e. The number of benzene rings is 1. The molecule has 2 rings (SSSR count). The van der Waals surface area contributed by atoms with E-state index in [2.05, 4.69) is 18.6 Å². The van der Waals surface area contributed by atoms with Crippen LogP contribution in [0.3, 0.4) is 0 Å². The molecule has 1 aliphatic rings. The van der Waals surface area contributed by atoms with Crippen molar-refractivity contribution in [1.29, 1.82) is 0 Å². The fourth-order valence-electron chi connectivity index (χ4n) is 2.64. The van der Waals surface area contributed by atoms with E-state index < -0.39 is 10.0 Å². The molecule has 1 unspecified atom stereocenters. The van der Waals surface area contributed by atoms with Crippen LogP contribution in [0, 0.1) is 5.92 Å². The summed E-state index contributed by atoms with van der Waals surface area (Å²) in [5, 5.41) is 0. The van der Waals surface area contributed by atoms with Crippen LogP contribution in [0.2, 0.25) is 0 Å². The molecule has 1 heterocycles. The molecule has 1 aromatic rings. The summed E-state index contributed by atoms with van der Waals surface area (Å²) in [5.41, 5.74) is 0.490. The Bertz CT molecular complexity index is 665. The van der Waals surface area contributed by atoms with Gasteiger partial charge in [-0.25, -0.2) is 13.1 Å². The summed E-state index contributed by atoms with van der Waals surface area (Å²) in [6, 6.07) is 6.08. The molecule has 1 atom stereocenters. The maximum atomic E-state index is 12.4. The highest BCUT2D eigenvalue weighted by atomic mass is 32.2. The Morgan fingerprint density at radius 2 is 2.00 bits per heavy atom. The van der Waals surface area contributed by atoms with Gasteiger partial charge in [0.1, 0.15) is 0 Å². The topological polar surface area (TPSA) is 75.7 Å². The third kappa shape index (κ3) is 5.80. The van der Waals surface area contributed by atoms with E-state index >= 15 is 0 Å². The quantitative estimate of drug-likeness (QED) is 0.764. The smallest absolute Gasteiger partial charge is 0.253 e. The number of ether oxygens (including phenoxy) is 1. The molecule has 0 radical (unpaired) electrons. The number of nitrogens with zero attached hydrogens (tertiary/aromatic N) is 1. The van der Waals surface area contributed by atoms with Crippen molar-refractivity contribution in [3.63, 3.8) is 0 Å². The van der Waals surface area contributed by atoms with Crippen molar-refractivity contribution in [2.45, 2.75) is 44.1 Å². The predicted molar refractivity (Wildman–Crippen MR) is 97.0 cm³/mol. The summed E-state index contributed by atoms with van der Waals surface area (Å²) in [4.78, 5) is 14.2. The van der Waals surface area contributed by atoms with E-state index in [0.717, 1.165) is 19.3 Å². The van der Waals surface area contributed by atoms with Crippen LogP contribution in [-0.4, -0.2) is 52.1 Å². The Balaban J connectivity index is 1.96. The van der Waals surface area contributed by atoms with Crippen LogP contribution in [0.5, 0.6) is 0 Å². The maximum absolute atomic E-state index is 12.4. The van der Waals surface area contributed by atoms with Crippen LogP contribution in [0.25, 0.3) is 0 Å². The summed E-state index contributed by atoms with van der Waals surface area (Å²) in [6.07, 6.45) is 2.72. The number of sulfonamides is 1. The first-order valence-corrected chi connectivity index (χ1v) is 10.2.